The lowest BCUT2D eigenvalue weighted by Crippen LogP contribution is -2.41. The summed E-state index contributed by atoms with van der Waals surface area (Å²) >= 11 is 0. The summed E-state index contributed by atoms with van der Waals surface area (Å²) in [6, 6.07) is 0.346. The zero-order chi connectivity index (χ0) is 8.60. The Morgan fingerprint density at radius 1 is 1.25 bits per heavy atom. The molecule has 0 aromatic heterocycles. The number of nitrogens with zero attached hydrogens (tertiary/aromatic N) is 1. The summed E-state index contributed by atoms with van der Waals surface area (Å²) in [5.41, 5.74) is 6.58. The van der Waals surface area contributed by atoms with E-state index in [4.69, 9.17) is 5.73 Å². The molecule has 2 heteroatoms. The first-order chi connectivity index (χ1) is 5.70. The fourth-order valence-corrected chi connectivity index (χ4v) is 2.29. The number of piperidine rings is 1. The van der Waals surface area contributed by atoms with Crippen molar-refractivity contribution in [1.82, 2.24) is 4.90 Å². The zero-order valence-corrected chi connectivity index (χ0v) is 8.05. The molecule has 2 aliphatic rings. The van der Waals surface area contributed by atoms with Crippen molar-refractivity contribution in [2.45, 2.75) is 38.6 Å². The van der Waals surface area contributed by atoms with Crippen LogP contribution >= 0.6 is 0 Å². The van der Waals surface area contributed by atoms with E-state index in [2.05, 4.69) is 11.8 Å². The third-order valence-corrected chi connectivity index (χ3v) is 3.42. The summed E-state index contributed by atoms with van der Waals surface area (Å²) in [5.74, 6) is 0. The number of likely N-dealkylation sites (tertiary alicyclic amines) is 1. The van der Waals surface area contributed by atoms with E-state index < -0.39 is 0 Å². The number of hydrogen-bond acceptors (Lipinski definition) is 2. The molecule has 1 saturated carbocycles. The van der Waals surface area contributed by atoms with Crippen molar-refractivity contribution in [3.8, 4) is 0 Å². The third-order valence-electron chi connectivity index (χ3n) is 3.42. The van der Waals surface area contributed by atoms with Crippen molar-refractivity contribution in [1.29, 1.82) is 0 Å². The SMILES string of the molecule is CC(N)CN1CCC2(CC1)CC2. The Morgan fingerprint density at radius 3 is 2.25 bits per heavy atom. The van der Waals surface area contributed by atoms with Gasteiger partial charge in [0.15, 0.2) is 0 Å². The van der Waals surface area contributed by atoms with Crippen LogP contribution < -0.4 is 5.73 Å². The van der Waals surface area contributed by atoms with Gasteiger partial charge in [-0.2, -0.15) is 0 Å². The lowest BCUT2D eigenvalue weighted by Gasteiger charge is -2.32. The molecule has 1 unspecified atom stereocenters. The van der Waals surface area contributed by atoms with Crippen LogP contribution in [0.15, 0.2) is 0 Å². The Labute approximate surface area is 75.1 Å². The van der Waals surface area contributed by atoms with E-state index in [0.717, 1.165) is 12.0 Å². The number of hydrogen-bond donors (Lipinski definition) is 1. The fraction of sp³-hybridized carbons (Fsp3) is 1.00. The van der Waals surface area contributed by atoms with Gasteiger partial charge in [-0.15, -0.1) is 0 Å². The maximum absolute atomic E-state index is 5.76. The van der Waals surface area contributed by atoms with Crippen LogP contribution in [0.5, 0.6) is 0 Å². The van der Waals surface area contributed by atoms with E-state index >= 15 is 0 Å². The van der Waals surface area contributed by atoms with Gasteiger partial charge in [-0.25, -0.2) is 0 Å². The predicted octanol–water partition coefficient (Wildman–Crippen LogP) is 1.21. The Hall–Kier alpha value is -0.0800. The average molecular weight is 168 g/mol. The van der Waals surface area contributed by atoms with Gasteiger partial charge < -0.3 is 10.6 Å². The molecule has 1 aliphatic heterocycles. The second-order valence-electron chi connectivity index (χ2n) is 4.78. The highest BCUT2D eigenvalue weighted by Gasteiger charge is 2.44. The molecule has 12 heavy (non-hydrogen) atoms. The van der Waals surface area contributed by atoms with Crippen LogP contribution in [0.3, 0.4) is 0 Å². The van der Waals surface area contributed by atoms with Crippen molar-refractivity contribution in [3.05, 3.63) is 0 Å². The van der Waals surface area contributed by atoms with Gasteiger partial charge in [0.1, 0.15) is 0 Å². The molecule has 1 atom stereocenters. The second kappa shape index (κ2) is 3.00. The van der Waals surface area contributed by atoms with Gasteiger partial charge in [0, 0.05) is 12.6 Å². The van der Waals surface area contributed by atoms with E-state index in [9.17, 15) is 0 Å². The van der Waals surface area contributed by atoms with Gasteiger partial charge in [-0.1, -0.05) is 0 Å². The summed E-state index contributed by atoms with van der Waals surface area (Å²) in [5, 5.41) is 0. The van der Waals surface area contributed by atoms with Gasteiger partial charge >= 0.3 is 0 Å². The van der Waals surface area contributed by atoms with Crippen molar-refractivity contribution < 1.29 is 0 Å². The van der Waals surface area contributed by atoms with E-state index in [1.165, 1.54) is 38.8 Å². The van der Waals surface area contributed by atoms with E-state index in [1.54, 1.807) is 0 Å². The van der Waals surface area contributed by atoms with Crippen LogP contribution in [-0.4, -0.2) is 30.6 Å². The van der Waals surface area contributed by atoms with Crippen molar-refractivity contribution in [2.24, 2.45) is 11.1 Å². The first kappa shape index (κ1) is 8.52. The van der Waals surface area contributed by atoms with Gasteiger partial charge in [0.2, 0.25) is 0 Å². The quantitative estimate of drug-likeness (QED) is 0.671. The fourth-order valence-electron chi connectivity index (χ4n) is 2.29. The Balaban J connectivity index is 1.74. The van der Waals surface area contributed by atoms with E-state index in [0.29, 0.717) is 6.04 Å². The van der Waals surface area contributed by atoms with Crippen molar-refractivity contribution >= 4 is 0 Å². The highest BCUT2D eigenvalue weighted by atomic mass is 15.1. The molecule has 0 bridgehead atoms. The first-order valence-electron chi connectivity index (χ1n) is 5.18. The smallest absolute Gasteiger partial charge is 0.0139 e. The highest BCUT2D eigenvalue weighted by molar-refractivity contribution is 4.96. The maximum atomic E-state index is 5.76. The van der Waals surface area contributed by atoms with Crippen LogP contribution in [0.2, 0.25) is 0 Å². The molecular weight excluding hydrogens is 148 g/mol. The molecule has 2 nitrogen and oxygen atoms in total. The molecule has 0 aromatic rings. The van der Waals surface area contributed by atoms with E-state index in [-0.39, 0.29) is 0 Å². The normalized spacial score (nSPS) is 30.5. The predicted molar refractivity (Wildman–Crippen MR) is 51.0 cm³/mol. The largest absolute Gasteiger partial charge is 0.327 e. The topological polar surface area (TPSA) is 29.3 Å². The molecule has 0 amide bonds. The van der Waals surface area contributed by atoms with Crippen LogP contribution in [0, 0.1) is 5.41 Å². The molecule has 0 aromatic carbocycles. The summed E-state index contributed by atoms with van der Waals surface area (Å²) in [4.78, 5) is 2.52. The molecule has 70 valence electrons. The van der Waals surface area contributed by atoms with Gasteiger partial charge in [-0.3, -0.25) is 0 Å². The molecule has 2 rings (SSSR count). The van der Waals surface area contributed by atoms with Gasteiger partial charge in [0.25, 0.3) is 0 Å². The highest BCUT2D eigenvalue weighted by Crippen LogP contribution is 2.53. The molecule has 1 aliphatic carbocycles. The maximum Gasteiger partial charge on any atom is 0.0139 e. The summed E-state index contributed by atoms with van der Waals surface area (Å²) < 4.78 is 0. The van der Waals surface area contributed by atoms with Gasteiger partial charge in [-0.05, 0) is 51.1 Å². The Kier molecular flexibility index (Phi) is 2.13. The molecule has 1 spiro atoms. The van der Waals surface area contributed by atoms with Crippen molar-refractivity contribution in [2.75, 3.05) is 19.6 Å². The minimum absolute atomic E-state index is 0.346. The number of rotatable bonds is 2. The van der Waals surface area contributed by atoms with Crippen LogP contribution in [0.4, 0.5) is 0 Å². The molecular formula is C10H20N2. The second-order valence-corrected chi connectivity index (χ2v) is 4.78. The van der Waals surface area contributed by atoms with Crippen LogP contribution in [0.1, 0.15) is 32.6 Å². The minimum atomic E-state index is 0.346. The average Bonchev–Trinajstić information content (AvgIpc) is 2.75. The van der Waals surface area contributed by atoms with Gasteiger partial charge in [0.05, 0.1) is 0 Å². The first-order valence-corrected chi connectivity index (χ1v) is 5.18. The summed E-state index contributed by atoms with van der Waals surface area (Å²) in [7, 11) is 0. The standard InChI is InChI=1S/C10H20N2/c1-9(11)8-12-6-4-10(2-3-10)5-7-12/h9H,2-8,11H2,1H3. The molecule has 2 fully saturated rings. The molecule has 1 heterocycles. The van der Waals surface area contributed by atoms with Crippen LogP contribution in [-0.2, 0) is 0 Å². The lowest BCUT2D eigenvalue weighted by molar-refractivity contribution is 0.167. The minimum Gasteiger partial charge on any atom is -0.327 e. The number of nitrogens with two attached hydrogens (primary N) is 1. The monoisotopic (exact) mass is 168 g/mol. The summed E-state index contributed by atoms with van der Waals surface area (Å²) in [6.45, 7) is 5.78. The Morgan fingerprint density at radius 2 is 1.83 bits per heavy atom. The third kappa shape index (κ3) is 1.80. The molecule has 1 saturated heterocycles. The van der Waals surface area contributed by atoms with Crippen molar-refractivity contribution in [3.63, 3.8) is 0 Å². The molecule has 2 N–H and O–H groups in total. The Bertz CT molecular complexity index is 151. The molecule has 0 radical (unpaired) electrons. The van der Waals surface area contributed by atoms with E-state index in [1.807, 2.05) is 0 Å². The summed E-state index contributed by atoms with van der Waals surface area (Å²) in [6.07, 6.45) is 5.86. The zero-order valence-electron chi connectivity index (χ0n) is 8.05. The van der Waals surface area contributed by atoms with Crippen LogP contribution in [0.25, 0.3) is 0 Å². The lowest BCUT2D eigenvalue weighted by atomic mass is 9.93.